The molecule has 0 radical (unpaired) electrons. The second-order valence-corrected chi connectivity index (χ2v) is 8.54. The molecule has 4 rings (SSSR count). The lowest BCUT2D eigenvalue weighted by molar-refractivity contribution is -0.151. The third-order valence-electron chi connectivity index (χ3n) is 6.28. The number of allylic oxidation sites excluding steroid dienone is 2. The van der Waals surface area contributed by atoms with Crippen LogP contribution in [0.25, 0.3) is 0 Å². The van der Waals surface area contributed by atoms with Crippen molar-refractivity contribution in [3.8, 4) is 11.5 Å². The number of rotatable bonds is 6. The van der Waals surface area contributed by atoms with Gasteiger partial charge in [-0.15, -0.1) is 0 Å². The summed E-state index contributed by atoms with van der Waals surface area (Å²) in [7, 11) is 1.47. The second-order valence-electron chi connectivity index (χ2n) is 8.54. The normalized spacial score (nSPS) is 24.7. The topological polar surface area (TPSA) is 100 Å². The van der Waals surface area contributed by atoms with Crippen LogP contribution in [0.5, 0.6) is 11.5 Å². The first kappa shape index (κ1) is 23.0. The summed E-state index contributed by atoms with van der Waals surface area (Å²) in [5.41, 5.74) is 2.56. The third kappa shape index (κ3) is 4.80. The maximum Gasteiger partial charge on any atom is 0.315 e. The SMILES string of the molecule is C=C1NC2=C(C(=O)CCC2)C(c2ccc(OC(C)=O)c(OC)c2)C1C(=O)OCC1CCCO1. The van der Waals surface area contributed by atoms with Crippen molar-refractivity contribution in [1.29, 1.82) is 0 Å². The van der Waals surface area contributed by atoms with Gasteiger partial charge in [0, 0.05) is 42.8 Å². The average Bonchev–Trinajstić information content (AvgIpc) is 3.30. The number of carbonyl (C=O) groups is 3. The molecule has 2 heterocycles. The van der Waals surface area contributed by atoms with Crippen molar-refractivity contribution in [3.63, 3.8) is 0 Å². The van der Waals surface area contributed by atoms with E-state index < -0.39 is 23.8 Å². The van der Waals surface area contributed by atoms with Gasteiger partial charge in [-0.05, 0) is 43.4 Å². The third-order valence-corrected chi connectivity index (χ3v) is 6.28. The number of ketones is 1. The van der Waals surface area contributed by atoms with E-state index in [9.17, 15) is 14.4 Å². The molecule has 33 heavy (non-hydrogen) atoms. The summed E-state index contributed by atoms with van der Waals surface area (Å²) < 4.78 is 21.9. The molecule has 2 aliphatic heterocycles. The van der Waals surface area contributed by atoms with Crippen LogP contribution < -0.4 is 14.8 Å². The number of hydrogen-bond acceptors (Lipinski definition) is 8. The average molecular weight is 456 g/mol. The highest BCUT2D eigenvalue weighted by Gasteiger charge is 2.44. The highest BCUT2D eigenvalue weighted by Crippen LogP contribution is 2.46. The molecular weight excluding hydrogens is 426 g/mol. The maximum atomic E-state index is 13.3. The minimum atomic E-state index is -0.795. The summed E-state index contributed by atoms with van der Waals surface area (Å²) in [6, 6.07) is 5.06. The van der Waals surface area contributed by atoms with Crippen molar-refractivity contribution in [3.05, 3.63) is 47.3 Å². The van der Waals surface area contributed by atoms with Crippen LogP contribution in [-0.4, -0.2) is 44.1 Å². The van der Waals surface area contributed by atoms with Crippen LogP contribution >= 0.6 is 0 Å². The van der Waals surface area contributed by atoms with Gasteiger partial charge in [-0.3, -0.25) is 14.4 Å². The molecule has 3 atom stereocenters. The zero-order chi connectivity index (χ0) is 23.5. The molecule has 1 aromatic carbocycles. The maximum absolute atomic E-state index is 13.3. The molecule has 1 N–H and O–H groups in total. The van der Waals surface area contributed by atoms with Crippen molar-refractivity contribution in [2.45, 2.75) is 51.0 Å². The van der Waals surface area contributed by atoms with Gasteiger partial charge in [0.05, 0.1) is 13.2 Å². The fourth-order valence-electron chi connectivity index (χ4n) is 4.79. The number of hydrogen-bond donors (Lipinski definition) is 1. The minimum Gasteiger partial charge on any atom is -0.493 e. The van der Waals surface area contributed by atoms with Crippen LogP contribution in [0.15, 0.2) is 41.7 Å². The first-order valence-electron chi connectivity index (χ1n) is 11.3. The quantitative estimate of drug-likeness (QED) is 0.516. The number of nitrogens with one attached hydrogen (secondary N) is 1. The Labute approximate surface area is 192 Å². The molecule has 0 aromatic heterocycles. The molecule has 0 saturated carbocycles. The molecule has 1 saturated heterocycles. The van der Waals surface area contributed by atoms with Gasteiger partial charge in [-0.1, -0.05) is 12.6 Å². The smallest absolute Gasteiger partial charge is 0.315 e. The number of Topliss-reactive ketones (excluding diaryl/α,β-unsaturated/α-hetero) is 1. The number of methoxy groups -OCH3 is 1. The highest BCUT2D eigenvalue weighted by molar-refractivity contribution is 6.00. The molecule has 0 bridgehead atoms. The standard InChI is InChI=1S/C25H29NO7/c1-14-22(25(29)32-13-17-6-5-11-31-17)23(24-18(26-14)7-4-8-19(24)28)16-9-10-20(33-15(2)27)21(12-16)30-3/h9-10,12,17,22-23,26H,1,4-8,11,13H2,2-3H3. The lowest BCUT2D eigenvalue weighted by Gasteiger charge is -2.38. The fraction of sp³-hybridized carbons (Fsp3) is 0.480. The molecule has 176 valence electrons. The summed E-state index contributed by atoms with van der Waals surface area (Å²) >= 11 is 0. The summed E-state index contributed by atoms with van der Waals surface area (Å²) in [6.45, 7) is 6.25. The molecule has 1 aromatic rings. The summed E-state index contributed by atoms with van der Waals surface area (Å²) in [6.07, 6.45) is 3.56. The summed E-state index contributed by atoms with van der Waals surface area (Å²) in [5, 5.41) is 3.21. The zero-order valence-electron chi connectivity index (χ0n) is 19.0. The van der Waals surface area contributed by atoms with Gasteiger partial charge < -0.3 is 24.3 Å². The summed E-state index contributed by atoms with van der Waals surface area (Å²) in [4.78, 5) is 37.7. The van der Waals surface area contributed by atoms with Gasteiger partial charge in [0.15, 0.2) is 17.3 Å². The molecule has 1 aliphatic carbocycles. The molecule has 0 amide bonds. The second kappa shape index (κ2) is 9.79. The van der Waals surface area contributed by atoms with Crippen LogP contribution in [0.2, 0.25) is 0 Å². The fourth-order valence-corrected chi connectivity index (χ4v) is 4.79. The Balaban J connectivity index is 1.72. The largest absolute Gasteiger partial charge is 0.493 e. The van der Waals surface area contributed by atoms with Crippen LogP contribution in [0.4, 0.5) is 0 Å². The van der Waals surface area contributed by atoms with Crippen LogP contribution in [-0.2, 0) is 23.9 Å². The van der Waals surface area contributed by atoms with Crippen molar-refractivity contribution >= 4 is 17.7 Å². The van der Waals surface area contributed by atoms with Crippen molar-refractivity contribution in [2.75, 3.05) is 20.3 Å². The van der Waals surface area contributed by atoms with E-state index in [-0.39, 0.29) is 24.2 Å². The zero-order valence-corrected chi connectivity index (χ0v) is 19.0. The monoisotopic (exact) mass is 455 g/mol. The van der Waals surface area contributed by atoms with Gasteiger partial charge in [0.1, 0.15) is 12.5 Å². The minimum absolute atomic E-state index is 0.00112. The molecule has 3 unspecified atom stereocenters. The molecule has 1 fully saturated rings. The van der Waals surface area contributed by atoms with Crippen molar-refractivity contribution in [2.24, 2.45) is 5.92 Å². The Bertz CT molecular complexity index is 1010. The molecule has 8 heteroatoms. The number of esters is 2. The first-order valence-corrected chi connectivity index (χ1v) is 11.3. The highest BCUT2D eigenvalue weighted by atomic mass is 16.6. The molecule has 3 aliphatic rings. The van der Waals surface area contributed by atoms with E-state index in [0.717, 1.165) is 25.0 Å². The Kier molecular flexibility index (Phi) is 6.83. The van der Waals surface area contributed by atoms with Crippen LogP contribution in [0, 0.1) is 5.92 Å². The van der Waals surface area contributed by atoms with E-state index in [1.165, 1.54) is 14.0 Å². The molecular formula is C25H29NO7. The van der Waals surface area contributed by atoms with Gasteiger partial charge in [-0.25, -0.2) is 0 Å². The van der Waals surface area contributed by atoms with Gasteiger partial charge in [-0.2, -0.15) is 0 Å². The van der Waals surface area contributed by atoms with E-state index in [1.807, 2.05) is 0 Å². The lowest BCUT2D eigenvalue weighted by atomic mass is 9.71. The van der Waals surface area contributed by atoms with E-state index in [2.05, 4.69) is 11.9 Å². The summed E-state index contributed by atoms with van der Waals surface area (Å²) in [5.74, 6) is -1.70. The van der Waals surface area contributed by atoms with Crippen LogP contribution in [0.3, 0.4) is 0 Å². The Morgan fingerprint density at radius 1 is 1.21 bits per heavy atom. The van der Waals surface area contributed by atoms with Gasteiger partial charge in [0.25, 0.3) is 0 Å². The van der Waals surface area contributed by atoms with E-state index in [4.69, 9.17) is 18.9 Å². The van der Waals surface area contributed by atoms with Crippen molar-refractivity contribution in [1.82, 2.24) is 5.32 Å². The van der Waals surface area contributed by atoms with E-state index in [0.29, 0.717) is 42.0 Å². The molecule has 8 nitrogen and oxygen atoms in total. The predicted octanol–water partition coefficient (Wildman–Crippen LogP) is 3.17. The Morgan fingerprint density at radius 2 is 2.03 bits per heavy atom. The number of benzene rings is 1. The lowest BCUT2D eigenvalue weighted by Crippen LogP contribution is -2.41. The van der Waals surface area contributed by atoms with Crippen LogP contribution in [0.1, 0.15) is 50.5 Å². The predicted molar refractivity (Wildman–Crippen MR) is 119 cm³/mol. The van der Waals surface area contributed by atoms with Crippen molar-refractivity contribution < 1.29 is 33.3 Å². The van der Waals surface area contributed by atoms with E-state index in [1.54, 1.807) is 18.2 Å². The number of ether oxygens (including phenoxy) is 4. The Hall–Kier alpha value is -3.13. The Morgan fingerprint density at radius 3 is 2.73 bits per heavy atom. The first-order chi connectivity index (χ1) is 15.9. The number of carbonyl (C=O) groups excluding carboxylic acids is 3. The van der Waals surface area contributed by atoms with Gasteiger partial charge >= 0.3 is 11.9 Å². The van der Waals surface area contributed by atoms with E-state index >= 15 is 0 Å². The molecule has 0 spiro atoms. The van der Waals surface area contributed by atoms with Gasteiger partial charge in [0.2, 0.25) is 0 Å².